The van der Waals surface area contributed by atoms with Crippen molar-refractivity contribution in [3.63, 3.8) is 0 Å². The first kappa shape index (κ1) is 27.7. The van der Waals surface area contributed by atoms with Gasteiger partial charge < -0.3 is 19.9 Å². The fraction of sp³-hybridized carbons (Fsp3) is 0.429. The van der Waals surface area contributed by atoms with Gasteiger partial charge in [0.05, 0.1) is 24.3 Å². The van der Waals surface area contributed by atoms with Crippen LogP contribution in [-0.4, -0.2) is 96.6 Å². The van der Waals surface area contributed by atoms with Crippen molar-refractivity contribution in [1.29, 1.82) is 0 Å². The van der Waals surface area contributed by atoms with Gasteiger partial charge in [-0.2, -0.15) is 0 Å². The van der Waals surface area contributed by atoms with Gasteiger partial charge in [0.25, 0.3) is 5.91 Å². The van der Waals surface area contributed by atoms with Crippen molar-refractivity contribution >= 4 is 46.5 Å². The summed E-state index contributed by atoms with van der Waals surface area (Å²) in [5.74, 6) is -0.918. The lowest BCUT2D eigenvalue weighted by Crippen LogP contribution is -2.48. The predicted molar refractivity (Wildman–Crippen MR) is 151 cm³/mol. The molecule has 0 saturated carbocycles. The molecule has 202 valence electrons. The minimum Gasteiger partial charge on any atom is -0.462 e. The first-order chi connectivity index (χ1) is 18.3. The molecule has 4 rings (SSSR count). The highest BCUT2D eigenvalue weighted by Crippen LogP contribution is 2.28. The molecule has 2 amide bonds. The summed E-state index contributed by atoms with van der Waals surface area (Å²) >= 11 is 5.79. The Morgan fingerprint density at radius 2 is 1.66 bits per heavy atom. The van der Waals surface area contributed by atoms with Crippen LogP contribution in [0.4, 0.5) is 11.4 Å². The van der Waals surface area contributed by atoms with Crippen LogP contribution in [0.2, 0.25) is 0 Å². The highest BCUT2D eigenvalue weighted by Gasteiger charge is 2.44. The maximum Gasteiger partial charge on any atom is 0.338 e. The molecule has 0 aromatic heterocycles. The van der Waals surface area contributed by atoms with E-state index in [1.807, 2.05) is 36.1 Å². The number of likely N-dealkylation sites (N-methyl/N-ethyl adjacent to an activating group) is 1. The van der Waals surface area contributed by atoms with Gasteiger partial charge in [0.2, 0.25) is 5.91 Å². The van der Waals surface area contributed by atoms with Crippen LogP contribution in [0.15, 0.2) is 48.5 Å². The van der Waals surface area contributed by atoms with Crippen LogP contribution in [0.1, 0.15) is 29.3 Å². The Kier molecular flexibility index (Phi) is 9.09. The molecule has 9 nitrogen and oxygen atoms in total. The molecule has 0 radical (unpaired) electrons. The lowest BCUT2D eigenvalue weighted by molar-refractivity contribution is -0.124. The van der Waals surface area contributed by atoms with Gasteiger partial charge >= 0.3 is 5.97 Å². The molecule has 1 atom stereocenters. The molecular weight excluding hydrogens is 502 g/mol. The first-order valence-electron chi connectivity index (χ1n) is 13.0. The van der Waals surface area contributed by atoms with Gasteiger partial charge in [-0.05, 0) is 69.5 Å². The molecule has 0 unspecified atom stereocenters. The third-order valence-electron chi connectivity index (χ3n) is 6.92. The Morgan fingerprint density at radius 3 is 2.29 bits per heavy atom. The maximum absolute atomic E-state index is 13.6. The topological polar surface area (TPSA) is 85.4 Å². The van der Waals surface area contributed by atoms with E-state index in [9.17, 15) is 14.4 Å². The molecule has 1 N–H and O–H groups in total. The number of rotatable bonds is 9. The van der Waals surface area contributed by atoms with Crippen LogP contribution in [0, 0.1) is 6.92 Å². The summed E-state index contributed by atoms with van der Waals surface area (Å²) in [6.45, 7) is 9.26. The van der Waals surface area contributed by atoms with E-state index >= 15 is 0 Å². The van der Waals surface area contributed by atoms with Crippen molar-refractivity contribution in [1.82, 2.24) is 14.7 Å². The number of benzene rings is 2. The molecule has 2 aliphatic heterocycles. The number of piperazine rings is 1. The molecule has 2 aromatic carbocycles. The van der Waals surface area contributed by atoms with E-state index in [4.69, 9.17) is 17.0 Å². The molecule has 38 heavy (non-hydrogen) atoms. The van der Waals surface area contributed by atoms with Crippen molar-refractivity contribution in [2.45, 2.75) is 26.3 Å². The molecule has 2 heterocycles. The van der Waals surface area contributed by atoms with Gasteiger partial charge in [-0.25, -0.2) is 4.79 Å². The SMILES string of the molecule is CCOC(=O)c1ccc(NC(=O)C[C@H]2C(=O)N(c3ccc(C)cc3)C(=S)N2CCN2CCN(C)CC2)cc1. The van der Waals surface area contributed by atoms with E-state index in [2.05, 4.69) is 22.2 Å². The lowest BCUT2D eigenvalue weighted by atomic mass is 10.1. The molecule has 2 fully saturated rings. The van der Waals surface area contributed by atoms with Crippen molar-refractivity contribution in [3.05, 3.63) is 59.7 Å². The van der Waals surface area contributed by atoms with Crippen molar-refractivity contribution in [2.75, 3.05) is 63.1 Å². The second-order valence-corrected chi connectivity index (χ2v) is 10.1. The number of amides is 2. The maximum atomic E-state index is 13.6. The summed E-state index contributed by atoms with van der Waals surface area (Å²) < 4.78 is 5.00. The number of thiocarbonyl (C=S) groups is 1. The number of ether oxygens (including phenoxy) is 1. The molecule has 0 aliphatic carbocycles. The quantitative estimate of drug-likeness (QED) is 0.386. The van der Waals surface area contributed by atoms with Crippen molar-refractivity contribution in [2.24, 2.45) is 0 Å². The van der Waals surface area contributed by atoms with Crippen molar-refractivity contribution < 1.29 is 19.1 Å². The van der Waals surface area contributed by atoms with Gasteiger partial charge in [-0.3, -0.25) is 19.4 Å². The summed E-state index contributed by atoms with van der Waals surface area (Å²) in [5.41, 5.74) is 2.73. The average molecular weight is 538 g/mol. The number of esters is 1. The molecule has 10 heteroatoms. The molecule has 0 spiro atoms. The zero-order valence-corrected chi connectivity index (χ0v) is 23.0. The Morgan fingerprint density at radius 1 is 1.00 bits per heavy atom. The highest BCUT2D eigenvalue weighted by molar-refractivity contribution is 7.80. The monoisotopic (exact) mass is 537 g/mol. The van der Waals surface area contributed by atoms with E-state index < -0.39 is 12.0 Å². The van der Waals surface area contributed by atoms with Crippen LogP contribution in [0.25, 0.3) is 0 Å². The predicted octanol–water partition coefficient (Wildman–Crippen LogP) is 2.75. The minimum atomic E-state index is -0.699. The Balaban J connectivity index is 1.47. The van der Waals surface area contributed by atoms with Crippen molar-refractivity contribution in [3.8, 4) is 0 Å². The van der Waals surface area contributed by atoms with E-state index in [0.717, 1.165) is 38.3 Å². The third-order valence-corrected chi connectivity index (χ3v) is 7.34. The number of carbonyl (C=O) groups is 3. The van der Waals surface area contributed by atoms with Crippen LogP contribution in [-0.2, 0) is 14.3 Å². The van der Waals surface area contributed by atoms with Gasteiger partial charge in [0.1, 0.15) is 6.04 Å². The van der Waals surface area contributed by atoms with Gasteiger partial charge in [-0.15, -0.1) is 0 Å². The average Bonchev–Trinajstić information content (AvgIpc) is 3.13. The number of aryl methyl sites for hydroxylation is 1. The first-order valence-corrected chi connectivity index (χ1v) is 13.4. The Labute approximate surface area is 229 Å². The second kappa shape index (κ2) is 12.5. The van der Waals surface area contributed by atoms with Gasteiger partial charge in [0.15, 0.2) is 5.11 Å². The third kappa shape index (κ3) is 6.56. The zero-order valence-electron chi connectivity index (χ0n) is 22.2. The van der Waals surface area contributed by atoms with E-state index in [-0.39, 0.29) is 18.2 Å². The number of hydrogen-bond donors (Lipinski definition) is 1. The summed E-state index contributed by atoms with van der Waals surface area (Å²) in [4.78, 5) is 46.7. The van der Waals surface area contributed by atoms with Crippen LogP contribution >= 0.6 is 12.2 Å². The standard InChI is InChI=1S/C28H35N5O4S/c1-4-37-27(36)21-7-9-22(10-8-21)29-25(34)19-24-26(35)33(23-11-5-20(2)6-12-23)28(38)32(24)18-17-31-15-13-30(3)14-16-31/h5-12,24H,4,13-19H2,1-3H3,(H,29,34)/t24-/m0/s1. The Hall–Kier alpha value is -3.34. The molecule has 0 bridgehead atoms. The van der Waals surface area contributed by atoms with Crippen LogP contribution in [0.3, 0.4) is 0 Å². The van der Waals surface area contributed by atoms with Gasteiger partial charge in [0, 0.05) is 45.0 Å². The fourth-order valence-electron chi connectivity index (χ4n) is 4.63. The summed E-state index contributed by atoms with van der Waals surface area (Å²) in [6, 6.07) is 13.5. The summed E-state index contributed by atoms with van der Waals surface area (Å²) in [6.07, 6.45) is -0.0380. The zero-order chi connectivity index (χ0) is 27.2. The van der Waals surface area contributed by atoms with E-state index in [1.165, 1.54) is 0 Å². The number of anilines is 2. The molecular formula is C28H35N5O4S. The largest absolute Gasteiger partial charge is 0.462 e. The summed E-state index contributed by atoms with van der Waals surface area (Å²) in [7, 11) is 2.12. The molecule has 2 aromatic rings. The smallest absolute Gasteiger partial charge is 0.338 e. The minimum absolute atomic E-state index is 0.0380. The number of carbonyl (C=O) groups excluding carboxylic acids is 3. The number of hydrogen-bond acceptors (Lipinski definition) is 7. The van der Waals surface area contributed by atoms with Crippen LogP contribution in [0.5, 0.6) is 0 Å². The van der Waals surface area contributed by atoms with Gasteiger partial charge in [-0.1, -0.05) is 17.7 Å². The second-order valence-electron chi connectivity index (χ2n) is 9.70. The number of nitrogens with zero attached hydrogens (tertiary/aromatic N) is 4. The van der Waals surface area contributed by atoms with Crippen LogP contribution < -0.4 is 10.2 Å². The number of nitrogens with one attached hydrogen (secondary N) is 1. The van der Waals surface area contributed by atoms with E-state index in [0.29, 0.717) is 35.2 Å². The lowest BCUT2D eigenvalue weighted by Gasteiger charge is -2.34. The summed E-state index contributed by atoms with van der Waals surface area (Å²) in [5, 5.41) is 3.27. The van der Waals surface area contributed by atoms with E-state index in [1.54, 1.807) is 36.1 Å². The normalized spacial score (nSPS) is 18.7. The fourth-order valence-corrected chi connectivity index (χ4v) is 5.05. The highest BCUT2D eigenvalue weighted by atomic mass is 32.1. The molecule has 2 aliphatic rings. The molecule has 2 saturated heterocycles. The Bertz CT molecular complexity index is 1160.